The summed E-state index contributed by atoms with van der Waals surface area (Å²) in [4.78, 5) is 14.5. The molecule has 1 saturated heterocycles. The van der Waals surface area contributed by atoms with Gasteiger partial charge in [-0.1, -0.05) is 42.0 Å². The molecule has 2 aromatic carbocycles. The van der Waals surface area contributed by atoms with Crippen molar-refractivity contribution >= 4 is 11.8 Å². The lowest BCUT2D eigenvalue weighted by molar-refractivity contribution is 0.147. The molecule has 3 rings (SSSR count). The molecular formula is C21H26N2O2. The van der Waals surface area contributed by atoms with Crippen LogP contribution in [0.4, 0.5) is 10.5 Å². The number of likely N-dealkylation sites (tertiary alicyclic amines) is 1. The molecule has 1 N–H and O–H groups in total. The number of carbonyl (C=O) groups is 1. The minimum Gasteiger partial charge on any atom is -0.449 e. The molecule has 1 heterocycles. The zero-order valence-corrected chi connectivity index (χ0v) is 15.0. The van der Waals surface area contributed by atoms with Crippen molar-refractivity contribution in [2.75, 3.05) is 25.5 Å². The Bertz CT molecular complexity index is 715. The normalized spacial score (nSPS) is 17.4. The number of rotatable bonds is 5. The fourth-order valence-electron chi connectivity index (χ4n) is 3.40. The predicted octanol–water partition coefficient (Wildman–Crippen LogP) is 4.69. The third-order valence-corrected chi connectivity index (χ3v) is 4.85. The number of aryl methyl sites for hydroxylation is 1. The second-order valence-electron chi connectivity index (χ2n) is 6.74. The third-order valence-electron chi connectivity index (χ3n) is 4.85. The molecule has 0 saturated carbocycles. The number of nitrogens with one attached hydrogen (secondary N) is 1. The zero-order chi connectivity index (χ0) is 17.6. The molecule has 25 heavy (non-hydrogen) atoms. The molecule has 0 spiro atoms. The molecular weight excluding hydrogens is 312 g/mol. The van der Waals surface area contributed by atoms with E-state index in [4.69, 9.17) is 4.74 Å². The quantitative estimate of drug-likeness (QED) is 0.859. The summed E-state index contributed by atoms with van der Waals surface area (Å²) in [5.41, 5.74) is 4.02. The topological polar surface area (TPSA) is 41.6 Å². The molecule has 0 aliphatic carbocycles. The molecule has 1 amide bonds. The number of benzene rings is 2. The maximum absolute atomic E-state index is 12.2. The van der Waals surface area contributed by atoms with Crippen LogP contribution in [0.2, 0.25) is 0 Å². The van der Waals surface area contributed by atoms with E-state index in [0.717, 1.165) is 35.3 Å². The lowest BCUT2D eigenvalue weighted by atomic mass is 10.0. The average Bonchev–Trinajstić information content (AvgIpc) is 3.02. The predicted molar refractivity (Wildman–Crippen MR) is 102 cm³/mol. The second-order valence-corrected chi connectivity index (χ2v) is 6.74. The number of ether oxygens (including phenoxy) is 1. The number of hydrogen-bond donors (Lipinski definition) is 1. The lowest BCUT2D eigenvalue weighted by Gasteiger charge is -2.19. The van der Waals surface area contributed by atoms with Crippen LogP contribution in [0.15, 0.2) is 48.5 Å². The first-order valence-corrected chi connectivity index (χ1v) is 8.93. The fraction of sp³-hybridized carbons (Fsp3) is 0.381. The molecule has 1 aliphatic heterocycles. The van der Waals surface area contributed by atoms with E-state index in [1.165, 1.54) is 12.8 Å². The third kappa shape index (κ3) is 4.60. The second kappa shape index (κ2) is 8.17. The van der Waals surface area contributed by atoms with Gasteiger partial charge in [-0.25, -0.2) is 4.79 Å². The van der Waals surface area contributed by atoms with Gasteiger partial charge in [0, 0.05) is 11.6 Å². The minimum atomic E-state index is -0.387. The van der Waals surface area contributed by atoms with Gasteiger partial charge in [0.05, 0.1) is 12.3 Å². The van der Waals surface area contributed by atoms with Gasteiger partial charge in [0.25, 0.3) is 0 Å². The Hall–Kier alpha value is -2.33. The molecule has 4 nitrogen and oxygen atoms in total. The zero-order valence-electron chi connectivity index (χ0n) is 15.0. The van der Waals surface area contributed by atoms with Crippen LogP contribution in [0, 0.1) is 6.92 Å². The molecule has 0 aromatic heterocycles. The van der Waals surface area contributed by atoms with Gasteiger partial charge >= 0.3 is 6.09 Å². The summed E-state index contributed by atoms with van der Waals surface area (Å²) in [6, 6.07) is 16.6. The van der Waals surface area contributed by atoms with Gasteiger partial charge in [0.2, 0.25) is 0 Å². The van der Waals surface area contributed by atoms with Crippen LogP contribution in [0.1, 0.15) is 24.8 Å². The van der Waals surface area contributed by atoms with E-state index in [1.54, 1.807) is 0 Å². The van der Waals surface area contributed by atoms with E-state index in [-0.39, 0.29) is 6.09 Å². The van der Waals surface area contributed by atoms with Crippen molar-refractivity contribution in [1.29, 1.82) is 0 Å². The van der Waals surface area contributed by atoms with Crippen molar-refractivity contribution < 1.29 is 9.53 Å². The van der Waals surface area contributed by atoms with Gasteiger partial charge in [-0.05, 0) is 57.5 Å². The SMILES string of the molecule is Cc1ccc(NC(=O)OCCC2CCCN2C)c(-c2ccccc2)c1. The highest BCUT2D eigenvalue weighted by atomic mass is 16.5. The van der Waals surface area contributed by atoms with Crippen LogP contribution in [-0.4, -0.2) is 37.2 Å². The monoisotopic (exact) mass is 338 g/mol. The molecule has 1 fully saturated rings. The molecule has 0 radical (unpaired) electrons. The van der Waals surface area contributed by atoms with Crippen molar-refractivity contribution in [3.05, 3.63) is 54.1 Å². The van der Waals surface area contributed by atoms with Crippen molar-refractivity contribution in [2.45, 2.75) is 32.2 Å². The van der Waals surface area contributed by atoms with Gasteiger partial charge in [0.15, 0.2) is 0 Å². The minimum absolute atomic E-state index is 0.387. The summed E-state index contributed by atoms with van der Waals surface area (Å²) in [6.45, 7) is 3.64. The summed E-state index contributed by atoms with van der Waals surface area (Å²) >= 11 is 0. The van der Waals surface area contributed by atoms with Crippen LogP contribution in [0.3, 0.4) is 0 Å². The van der Waals surface area contributed by atoms with E-state index in [0.29, 0.717) is 12.6 Å². The Morgan fingerprint density at radius 1 is 1.24 bits per heavy atom. The number of anilines is 1. The Morgan fingerprint density at radius 3 is 2.76 bits per heavy atom. The average molecular weight is 338 g/mol. The highest BCUT2D eigenvalue weighted by Gasteiger charge is 2.20. The molecule has 1 aliphatic rings. The van der Waals surface area contributed by atoms with Crippen LogP contribution in [0.5, 0.6) is 0 Å². The summed E-state index contributed by atoms with van der Waals surface area (Å²) < 4.78 is 5.40. The van der Waals surface area contributed by atoms with Crippen molar-refractivity contribution in [1.82, 2.24) is 4.90 Å². The van der Waals surface area contributed by atoms with Crippen LogP contribution < -0.4 is 5.32 Å². The smallest absolute Gasteiger partial charge is 0.411 e. The van der Waals surface area contributed by atoms with Gasteiger partial charge in [-0.15, -0.1) is 0 Å². The van der Waals surface area contributed by atoms with Crippen molar-refractivity contribution in [3.63, 3.8) is 0 Å². The van der Waals surface area contributed by atoms with Crippen LogP contribution in [-0.2, 0) is 4.74 Å². The Morgan fingerprint density at radius 2 is 2.04 bits per heavy atom. The first-order chi connectivity index (χ1) is 12.1. The summed E-state index contributed by atoms with van der Waals surface area (Å²) in [5.74, 6) is 0. The molecule has 132 valence electrons. The first-order valence-electron chi connectivity index (χ1n) is 8.93. The highest BCUT2D eigenvalue weighted by molar-refractivity contribution is 5.91. The number of hydrogen-bond acceptors (Lipinski definition) is 3. The van der Waals surface area contributed by atoms with Gasteiger partial charge < -0.3 is 9.64 Å². The van der Waals surface area contributed by atoms with Gasteiger partial charge in [-0.2, -0.15) is 0 Å². The Balaban J connectivity index is 1.61. The maximum Gasteiger partial charge on any atom is 0.411 e. The maximum atomic E-state index is 12.2. The van der Waals surface area contributed by atoms with Crippen LogP contribution in [0.25, 0.3) is 11.1 Å². The van der Waals surface area contributed by atoms with E-state index >= 15 is 0 Å². The number of amides is 1. The van der Waals surface area contributed by atoms with E-state index in [2.05, 4.69) is 23.3 Å². The summed E-state index contributed by atoms with van der Waals surface area (Å²) in [7, 11) is 2.14. The van der Waals surface area contributed by atoms with Crippen molar-refractivity contribution in [3.8, 4) is 11.1 Å². The van der Waals surface area contributed by atoms with Gasteiger partial charge in [-0.3, -0.25) is 5.32 Å². The molecule has 1 unspecified atom stereocenters. The van der Waals surface area contributed by atoms with E-state index in [9.17, 15) is 4.79 Å². The largest absolute Gasteiger partial charge is 0.449 e. The van der Waals surface area contributed by atoms with Crippen molar-refractivity contribution in [2.24, 2.45) is 0 Å². The number of carbonyl (C=O) groups excluding carboxylic acids is 1. The Kier molecular flexibility index (Phi) is 5.71. The summed E-state index contributed by atoms with van der Waals surface area (Å²) in [5, 5.41) is 2.90. The molecule has 4 heteroatoms. The highest BCUT2D eigenvalue weighted by Crippen LogP contribution is 2.29. The lowest BCUT2D eigenvalue weighted by Crippen LogP contribution is -2.27. The van der Waals surface area contributed by atoms with Gasteiger partial charge in [0.1, 0.15) is 0 Å². The molecule has 2 aromatic rings. The Labute approximate surface area is 149 Å². The number of nitrogens with zero attached hydrogens (tertiary/aromatic N) is 1. The first kappa shape index (κ1) is 17.5. The molecule has 1 atom stereocenters. The summed E-state index contributed by atoms with van der Waals surface area (Å²) in [6.07, 6.45) is 2.93. The molecule has 0 bridgehead atoms. The standard InChI is InChI=1S/C21H26N2O2/c1-16-10-11-20(19(15-16)17-7-4-3-5-8-17)22-21(24)25-14-12-18-9-6-13-23(18)2/h3-5,7-8,10-11,15,18H,6,9,12-14H2,1-2H3,(H,22,24). The fourth-order valence-corrected chi connectivity index (χ4v) is 3.40. The van der Waals surface area contributed by atoms with Crippen LogP contribution >= 0.6 is 0 Å². The van der Waals surface area contributed by atoms with E-state index < -0.39 is 0 Å². The van der Waals surface area contributed by atoms with E-state index in [1.807, 2.05) is 49.4 Å².